The predicted molar refractivity (Wildman–Crippen MR) is 72.9 cm³/mol. The van der Waals surface area contributed by atoms with Crippen LogP contribution in [0.15, 0.2) is 34.8 Å². The summed E-state index contributed by atoms with van der Waals surface area (Å²) >= 11 is 15.1. The van der Waals surface area contributed by atoms with E-state index in [4.69, 9.17) is 33.7 Å². The predicted octanol–water partition coefficient (Wildman–Crippen LogP) is 4.53. The van der Waals surface area contributed by atoms with Crippen LogP contribution in [0, 0.1) is 0 Å². The molecule has 0 radical (unpaired) electrons. The Balaban J connectivity index is 2.37. The fraction of sp³-hybridized carbons (Fsp3) is 0. The number of nitrogen functional groups attached to an aromatic ring is 1. The van der Waals surface area contributed by atoms with Crippen molar-refractivity contribution in [3.8, 4) is 11.6 Å². The van der Waals surface area contributed by atoms with Gasteiger partial charge in [-0.25, -0.2) is 0 Å². The summed E-state index contributed by atoms with van der Waals surface area (Å²) in [4.78, 5) is 3.98. The van der Waals surface area contributed by atoms with Crippen molar-refractivity contribution in [2.24, 2.45) is 0 Å². The first-order valence-corrected chi connectivity index (χ1v) is 6.16. The zero-order valence-corrected chi connectivity index (χ0v) is 11.6. The second-order valence-electron chi connectivity index (χ2n) is 3.21. The third-order valence-electron chi connectivity index (χ3n) is 1.96. The number of aromatic nitrogens is 1. The van der Waals surface area contributed by atoms with Crippen LogP contribution >= 0.6 is 39.1 Å². The summed E-state index contributed by atoms with van der Waals surface area (Å²) in [5.74, 6) is 0.694. The molecule has 0 bridgehead atoms. The molecule has 88 valence electrons. The zero-order chi connectivity index (χ0) is 12.4. The van der Waals surface area contributed by atoms with Gasteiger partial charge in [-0.05, 0) is 30.3 Å². The van der Waals surface area contributed by atoms with Crippen molar-refractivity contribution in [1.29, 1.82) is 0 Å². The number of hydrogen-bond acceptors (Lipinski definition) is 3. The number of hydrogen-bond donors (Lipinski definition) is 1. The van der Waals surface area contributed by atoms with Crippen LogP contribution in [0.2, 0.25) is 10.2 Å². The van der Waals surface area contributed by atoms with Crippen molar-refractivity contribution >= 4 is 44.8 Å². The van der Waals surface area contributed by atoms with Crippen LogP contribution in [0.4, 0.5) is 5.69 Å². The number of ether oxygens (including phenoxy) is 1. The first-order valence-electron chi connectivity index (χ1n) is 4.61. The Kier molecular flexibility index (Phi) is 3.76. The van der Waals surface area contributed by atoms with Crippen LogP contribution in [0.25, 0.3) is 0 Å². The van der Waals surface area contributed by atoms with E-state index in [-0.39, 0.29) is 5.88 Å². The van der Waals surface area contributed by atoms with E-state index in [1.807, 2.05) is 6.07 Å². The smallest absolute Gasteiger partial charge is 0.244 e. The third-order valence-corrected chi connectivity index (χ3v) is 2.97. The summed E-state index contributed by atoms with van der Waals surface area (Å²) in [6.45, 7) is 0. The van der Waals surface area contributed by atoms with Crippen LogP contribution in [-0.2, 0) is 0 Å². The van der Waals surface area contributed by atoms with E-state index < -0.39 is 0 Å². The summed E-state index contributed by atoms with van der Waals surface area (Å²) in [5.41, 5.74) is 6.12. The molecule has 6 heteroatoms. The molecule has 2 rings (SSSR count). The molecule has 0 saturated heterocycles. The van der Waals surface area contributed by atoms with Gasteiger partial charge in [0, 0.05) is 4.47 Å². The molecule has 0 fully saturated rings. The van der Waals surface area contributed by atoms with Crippen molar-refractivity contribution in [1.82, 2.24) is 4.98 Å². The molecule has 0 atom stereocenters. The topological polar surface area (TPSA) is 48.1 Å². The Labute approximate surface area is 117 Å². The summed E-state index contributed by atoms with van der Waals surface area (Å²) < 4.78 is 6.36. The average Bonchev–Trinajstić information content (AvgIpc) is 2.28. The van der Waals surface area contributed by atoms with Gasteiger partial charge in [0.05, 0.1) is 10.7 Å². The molecule has 0 amide bonds. The highest BCUT2D eigenvalue weighted by Crippen LogP contribution is 2.33. The minimum Gasteiger partial charge on any atom is -0.435 e. The molecule has 2 N–H and O–H groups in total. The molecule has 1 aromatic carbocycles. The summed E-state index contributed by atoms with van der Waals surface area (Å²) in [7, 11) is 0. The Bertz CT molecular complexity index is 514. The highest BCUT2D eigenvalue weighted by atomic mass is 79.9. The second kappa shape index (κ2) is 5.12. The largest absolute Gasteiger partial charge is 0.435 e. The molecule has 0 unspecified atom stereocenters. The normalized spacial score (nSPS) is 10.3. The number of halogens is 3. The van der Waals surface area contributed by atoms with Crippen molar-refractivity contribution in [3.05, 3.63) is 45.0 Å². The first kappa shape index (κ1) is 12.5. The molecule has 3 nitrogen and oxygen atoms in total. The second-order valence-corrected chi connectivity index (χ2v) is 4.92. The summed E-state index contributed by atoms with van der Waals surface area (Å²) in [5, 5.41) is 0.773. The lowest BCUT2D eigenvalue weighted by atomic mass is 10.3. The third kappa shape index (κ3) is 3.03. The number of benzene rings is 1. The van der Waals surface area contributed by atoms with Gasteiger partial charge in [0.1, 0.15) is 10.9 Å². The molecule has 2 aromatic rings. The highest BCUT2D eigenvalue weighted by Gasteiger charge is 2.08. The van der Waals surface area contributed by atoms with Crippen LogP contribution < -0.4 is 10.5 Å². The maximum absolute atomic E-state index is 5.99. The summed E-state index contributed by atoms with van der Waals surface area (Å²) in [6.07, 6.45) is 0. The van der Waals surface area contributed by atoms with Crippen LogP contribution in [0.5, 0.6) is 11.6 Å². The quantitative estimate of drug-likeness (QED) is 0.821. The van der Waals surface area contributed by atoms with E-state index in [0.29, 0.717) is 21.6 Å². The molecule has 0 aliphatic carbocycles. The van der Waals surface area contributed by atoms with Gasteiger partial charge in [0.25, 0.3) is 0 Å². The Morgan fingerprint density at radius 2 is 1.94 bits per heavy atom. The zero-order valence-electron chi connectivity index (χ0n) is 8.45. The van der Waals surface area contributed by atoms with Gasteiger partial charge < -0.3 is 10.5 Å². The summed E-state index contributed by atoms with van der Waals surface area (Å²) in [6, 6.07) is 8.46. The first-order chi connectivity index (χ1) is 8.06. The molecule has 1 aromatic heterocycles. The SMILES string of the molecule is Nc1ccc(Cl)nc1Oc1cc(Br)ccc1Cl. The van der Waals surface area contributed by atoms with Crippen LogP contribution in [0.3, 0.4) is 0 Å². The monoisotopic (exact) mass is 332 g/mol. The molecule has 17 heavy (non-hydrogen) atoms. The van der Waals surface area contributed by atoms with Gasteiger partial charge in [0.15, 0.2) is 0 Å². The van der Waals surface area contributed by atoms with E-state index in [2.05, 4.69) is 20.9 Å². The number of rotatable bonds is 2. The Morgan fingerprint density at radius 3 is 2.71 bits per heavy atom. The lowest BCUT2D eigenvalue weighted by Crippen LogP contribution is -1.95. The minimum absolute atomic E-state index is 0.234. The maximum atomic E-state index is 5.99. The van der Waals surface area contributed by atoms with E-state index in [1.54, 1.807) is 24.3 Å². The molecule has 0 saturated carbocycles. The molecule has 1 heterocycles. The fourth-order valence-corrected chi connectivity index (χ4v) is 1.81. The van der Waals surface area contributed by atoms with Crippen LogP contribution in [0.1, 0.15) is 0 Å². The van der Waals surface area contributed by atoms with E-state index in [1.165, 1.54) is 0 Å². The average molecular weight is 334 g/mol. The Hall–Kier alpha value is -0.970. The molecule has 0 spiro atoms. The van der Waals surface area contributed by atoms with Crippen molar-refractivity contribution < 1.29 is 4.74 Å². The maximum Gasteiger partial charge on any atom is 0.244 e. The molecular weight excluding hydrogens is 327 g/mol. The van der Waals surface area contributed by atoms with Gasteiger partial charge in [-0.15, -0.1) is 0 Å². The van der Waals surface area contributed by atoms with Gasteiger partial charge in [0.2, 0.25) is 5.88 Å². The number of nitrogens with zero attached hydrogens (tertiary/aromatic N) is 1. The number of anilines is 1. The highest BCUT2D eigenvalue weighted by molar-refractivity contribution is 9.10. The lowest BCUT2D eigenvalue weighted by Gasteiger charge is -2.09. The van der Waals surface area contributed by atoms with Crippen molar-refractivity contribution in [3.63, 3.8) is 0 Å². The molecule has 0 aliphatic rings. The Morgan fingerprint density at radius 1 is 1.18 bits per heavy atom. The van der Waals surface area contributed by atoms with Gasteiger partial charge in [-0.2, -0.15) is 4.98 Å². The lowest BCUT2D eigenvalue weighted by molar-refractivity contribution is 0.465. The minimum atomic E-state index is 0.234. The molecular formula is C11H7BrCl2N2O. The molecule has 0 aliphatic heterocycles. The van der Waals surface area contributed by atoms with Crippen LogP contribution in [-0.4, -0.2) is 4.98 Å². The van der Waals surface area contributed by atoms with Gasteiger partial charge in [-0.3, -0.25) is 0 Å². The number of pyridine rings is 1. The fourth-order valence-electron chi connectivity index (χ4n) is 1.17. The van der Waals surface area contributed by atoms with E-state index in [0.717, 1.165) is 4.47 Å². The number of nitrogens with two attached hydrogens (primary N) is 1. The van der Waals surface area contributed by atoms with Crippen molar-refractivity contribution in [2.75, 3.05) is 5.73 Å². The van der Waals surface area contributed by atoms with Crippen molar-refractivity contribution in [2.45, 2.75) is 0 Å². The van der Waals surface area contributed by atoms with E-state index >= 15 is 0 Å². The van der Waals surface area contributed by atoms with Gasteiger partial charge >= 0.3 is 0 Å². The van der Waals surface area contributed by atoms with E-state index in [9.17, 15) is 0 Å². The standard InChI is InChI=1S/C11H7BrCl2N2O/c12-6-1-2-7(13)9(5-6)17-11-8(15)3-4-10(14)16-11/h1-5H,15H2. The van der Waals surface area contributed by atoms with Gasteiger partial charge in [-0.1, -0.05) is 39.1 Å².